The maximum atomic E-state index is 10.6. The number of methoxy groups -OCH3 is 1. The Hall–Kier alpha value is -1.06. The molecule has 0 amide bonds. The number of aliphatic hydroxyl groups excluding tert-OH is 1. The zero-order valence-corrected chi connectivity index (χ0v) is 13.8. The largest absolute Gasteiger partial charge is 0.497 e. The molecular weight excluding hydrogens is 274 g/mol. The summed E-state index contributed by atoms with van der Waals surface area (Å²) in [6.45, 7) is 2.09. The summed E-state index contributed by atoms with van der Waals surface area (Å²) in [5.41, 5.74) is 0.954. The van der Waals surface area contributed by atoms with Crippen LogP contribution in [0.1, 0.15) is 57.1 Å². The molecule has 1 aromatic carbocycles. The quantitative estimate of drug-likeness (QED) is 0.842. The van der Waals surface area contributed by atoms with Gasteiger partial charge in [-0.3, -0.25) is 0 Å². The van der Waals surface area contributed by atoms with E-state index in [1.807, 2.05) is 24.3 Å². The molecule has 4 atom stereocenters. The van der Waals surface area contributed by atoms with E-state index in [-0.39, 0.29) is 6.04 Å². The molecule has 3 rings (SSSR count). The summed E-state index contributed by atoms with van der Waals surface area (Å²) in [6.07, 6.45) is 7.73. The van der Waals surface area contributed by atoms with Crippen molar-refractivity contribution in [3.8, 4) is 5.75 Å². The summed E-state index contributed by atoms with van der Waals surface area (Å²) in [4.78, 5) is 0. The van der Waals surface area contributed by atoms with Gasteiger partial charge >= 0.3 is 0 Å². The molecule has 2 aliphatic carbocycles. The highest BCUT2D eigenvalue weighted by atomic mass is 16.5. The average molecular weight is 303 g/mol. The minimum absolute atomic E-state index is 0.0800. The summed E-state index contributed by atoms with van der Waals surface area (Å²) in [5, 5.41) is 14.2. The zero-order chi connectivity index (χ0) is 15.5. The number of hydrogen-bond donors (Lipinski definition) is 2. The zero-order valence-electron chi connectivity index (χ0n) is 13.8. The van der Waals surface area contributed by atoms with Crippen molar-refractivity contribution < 1.29 is 9.84 Å². The van der Waals surface area contributed by atoms with Crippen LogP contribution in [0.5, 0.6) is 5.75 Å². The van der Waals surface area contributed by atoms with Gasteiger partial charge in [0.05, 0.1) is 13.2 Å². The predicted molar refractivity (Wildman–Crippen MR) is 89.0 cm³/mol. The SMILES string of the molecule is COc1ccc(C(O)C(C)NC2CCCC(C3CC3)C2)cc1. The van der Waals surface area contributed by atoms with E-state index in [0.29, 0.717) is 6.04 Å². The van der Waals surface area contributed by atoms with Crippen LogP contribution >= 0.6 is 0 Å². The Kier molecular flexibility index (Phi) is 5.04. The van der Waals surface area contributed by atoms with Gasteiger partial charge in [-0.25, -0.2) is 0 Å². The second-order valence-electron chi connectivity index (χ2n) is 7.13. The standard InChI is InChI=1S/C19H29NO2/c1-13(19(21)15-8-10-18(22-2)11-9-15)20-17-5-3-4-16(12-17)14-6-7-14/h8-11,13-14,16-17,19-21H,3-7,12H2,1-2H3. The van der Waals surface area contributed by atoms with Crippen molar-refractivity contribution in [2.75, 3.05) is 7.11 Å². The van der Waals surface area contributed by atoms with Crippen LogP contribution in [0.3, 0.4) is 0 Å². The number of aliphatic hydroxyl groups is 1. The van der Waals surface area contributed by atoms with Gasteiger partial charge in [0.25, 0.3) is 0 Å². The van der Waals surface area contributed by atoms with Crippen LogP contribution in [-0.2, 0) is 0 Å². The Morgan fingerprint density at radius 2 is 1.82 bits per heavy atom. The molecule has 0 saturated heterocycles. The van der Waals surface area contributed by atoms with Crippen LogP contribution in [-0.4, -0.2) is 24.3 Å². The van der Waals surface area contributed by atoms with Crippen molar-refractivity contribution in [1.29, 1.82) is 0 Å². The molecule has 0 radical (unpaired) electrons. The minimum Gasteiger partial charge on any atom is -0.497 e. The van der Waals surface area contributed by atoms with E-state index in [1.54, 1.807) is 7.11 Å². The Labute approximate surface area is 134 Å². The summed E-state index contributed by atoms with van der Waals surface area (Å²) in [5.74, 6) is 2.76. The van der Waals surface area contributed by atoms with Crippen molar-refractivity contribution in [2.24, 2.45) is 11.8 Å². The van der Waals surface area contributed by atoms with Crippen molar-refractivity contribution in [3.63, 3.8) is 0 Å². The first kappa shape index (κ1) is 15.8. The number of benzene rings is 1. The fourth-order valence-electron chi connectivity index (χ4n) is 3.93. The molecule has 2 fully saturated rings. The predicted octanol–water partition coefficient (Wildman–Crippen LogP) is 3.68. The molecule has 2 saturated carbocycles. The van der Waals surface area contributed by atoms with Crippen LogP contribution in [0, 0.1) is 11.8 Å². The van der Waals surface area contributed by atoms with Crippen molar-refractivity contribution in [1.82, 2.24) is 5.32 Å². The fourth-order valence-corrected chi connectivity index (χ4v) is 3.93. The van der Waals surface area contributed by atoms with E-state index in [9.17, 15) is 5.11 Å². The Bertz CT molecular complexity index is 469. The first-order valence-electron chi connectivity index (χ1n) is 8.75. The van der Waals surface area contributed by atoms with Gasteiger partial charge in [0, 0.05) is 12.1 Å². The summed E-state index contributed by atoms with van der Waals surface area (Å²) in [6, 6.07) is 8.38. The molecule has 0 aromatic heterocycles. The number of rotatable bonds is 6. The van der Waals surface area contributed by atoms with Gasteiger partial charge in [-0.1, -0.05) is 25.0 Å². The third-order valence-corrected chi connectivity index (χ3v) is 5.43. The summed E-state index contributed by atoms with van der Waals surface area (Å²) >= 11 is 0. The van der Waals surface area contributed by atoms with Gasteiger partial charge < -0.3 is 15.2 Å². The topological polar surface area (TPSA) is 41.5 Å². The Morgan fingerprint density at radius 1 is 1.09 bits per heavy atom. The smallest absolute Gasteiger partial charge is 0.118 e. The number of ether oxygens (including phenoxy) is 1. The van der Waals surface area contributed by atoms with Crippen LogP contribution in [0.25, 0.3) is 0 Å². The lowest BCUT2D eigenvalue weighted by atomic mass is 9.82. The van der Waals surface area contributed by atoms with E-state index >= 15 is 0 Å². The molecule has 0 bridgehead atoms. The Balaban J connectivity index is 1.54. The lowest BCUT2D eigenvalue weighted by Crippen LogP contribution is -2.42. The average Bonchev–Trinajstić information content (AvgIpc) is 3.39. The van der Waals surface area contributed by atoms with Crippen LogP contribution in [0.15, 0.2) is 24.3 Å². The molecule has 0 aliphatic heterocycles. The van der Waals surface area contributed by atoms with E-state index in [4.69, 9.17) is 4.74 Å². The van der Waals surface area contributed by atoms with Gasteiger partial charge in [-0.05, 0) is 62.1 Å². The van der Waals surface area contributed by atoms with Gasteiger partial charge in [0.1, 0.15) is 5.75 Å². The van der Waals surface area contributed by atoms with Crippen LogP contribution in [0.4, 0.5) is 0 Å². The molecule has 122 valence electrons. The van der Waals surface area contributed by atoms with Gasteiger partial charge in [0.2, 0.25) is 0 Å². The lowest BCUT2D eigenvalue weighted by Gasteiger charge is -2.33. The van der Waals surface area contributed by atoms with Crippen molar-refractivity contribution >= 4 is 0 Å². The van der Waals surface area contributed by atoms with Crippen molar-refractivity contribution in [3.05, 3.63) is 29.8 Å². The van der Waals surface area contributed by atoms with Gasteiger partial charge in [0.15, 0.2) is 0 Å². The Morgan fingerprint density at radius 3 is 2.45 bits per heavy atom. The monoisotopic (exact) mass is 303 g/mol. The summed E-state index contributed by atoms with van der Waals surface area (Å²) in [7, 11) is 1.66. The molecule has 3 nitrogen and oxygen atoms in total. The molecule has 4 unspecified atom stereocenters. The van der Waals surface area contributed by atoms with Gasteiger partial charge in [-0.2, -0.15) is 0 Å². The van der Waals surface area contributed by atoms with Gasteiger partial charge in [-0.15, -0.1) is 0 Å². The molecule has 2 aliphatic rings. The number of hydrogen-bond acceptors (Lipinski definition) is 3. The van der Waals surface area contributed by atoms with E-state index in [2.05, 4.69) is 12.2 Å². The van der Waals surface area contributed by atoms with Crippen LogP contribution in [0.2, 0.25) is 0 Å². The first-order chi connectivity index (χ1) is 10.7. The van der Waals surface area contributed by atoms with E-state index in [1.165, 1.54) is 38.5 Å². The van der Waals surface area contributed by atoms with E-state index in [0.717, 1.165) is 23.1 Å². The second kappa shape index (κ2) is 7.01. The second-order valence-corrected chi connectivity index (χ2v) is 7.13. The highest BCUT2D eigenvalue weighted by Crippen LogP contribution is 2.44. The maximum absolute atomic E-state index is 10.6. The normalized spacial score (nSPS) is 28.1. The first-order valence-corrected chi connectivity index (χ1v) is 8.75. The molecule has 3 heteroatoms. The third kappa shape index (κ3) is 3.82. The fraction of sp³-hybridized carbons (Fsp3) is 0.684. The minimum atomic E-state index is -0.466. The molecule has 2 N–H and O–H groups in total. The highest BCUT2D eigenvalue weighted by molar-refractivity contribution is 5.29. The van der Waals surface area contributed by atoms with Crippen LogP contribution < -0.4 is 10.1 Å². The highest BCUT2D eigenvalue weighted by Gasteiger charge is 2.35. The molecule has 0 heterocycles. The lowest BCUT2D eigenvalue weighted by molar-refractivity contribution is 0.119. The van der Waals surface area contributed by atoms with Crippen molar-refractivity contribution in [2.45, 2.75) is 63.6 Å². The third-order valence-electron chi connectivity index (χ3n) is 5.43. The molecule has 1 aromatic rings. The van der Waals surface area contributed by atoms with E-state index < -0.39 is 6.10 Å². The number of nitrogens with one attached hydrogen (secondary N) is 1. The molecular formula is C19H29NO2. The summed E-state index contributed by atoms with van der Waals surface area (Å²) < 4.78 is 5.17. The molecule has 22 heavy (non-hydrogen) atoms. The molecule has 0 spiro atoms. The maximum Gasteiger partial charge on any atom is 0.118 e.